The Balaban J connectivity index is 1.46. The molecule has 1 aliphatic heterocycles. The van der Waals surface area contributed by atoms with Crippen LogP contribution < -0.4 is 20.9 Å². The third kappa shape index (κ3) is 8.00. The van der Waals surface area contributed by atoms with Crippen molar-refractivity contribution in [3.05, 3.63) is 89.5 Å². The van der Waals surface area contributed by atoms with E-state index >= 15 is 0 Å². The predicted octanol–water partition coefficient (Wildman–Crippen LogP) is 7.19. The normalized spacial score (nSPS) is 14.2. The number of halogens is 3. The molecule has 1 saturated heterocycles. The first-order valence-electron chi connectivity index (χ1n) is 13.5. The van der Waals surface area contributed by atoms with Gasteiger partial charge >= 0.3 is 12.2 Å². The number of anilines is 3. The maximum Gasteiger partial charge on any atom is 0.416 e. The lowest BCUT2D eigenvalue weighted by molar-refractivity contribution is -0.137. The summed E-state index contributed by atoms with van der Waals surface area (Å²) in [6, 6.07) is 19.3. The molecule has 0 aliphatic carbocycles. The molecule has 3 aromatic rings. The van der Waals surface area contributed by atoms with E-state index in [1.807, 2.05) is 26.0 Å². The van der Waals surface area contributed by atoms with Crippen molar-refractivity contribution in [3.63, 3.8) is 0 Å². The van der Waals surface area contributed by atoms with Gasteiger partial charge in [0.25, 0.3) is 5.91 Å². The van der Waals surface area contributed by atoms with Gasteiger partial charge in [-0.3, -0.25) is 4.79 Å². The number of rotatable bonds is 8. The Hall–Kier alpha value is -4.01. The van der Waals surface area contributed by atoms with Crippen LogP contribution in [0.2, 0.25) is 0 Å². The van der Waals surface area contributed by atoms with Gasteiger partial charge in [0.15, 0.2) is 0 Å². The van der Waals surface area contributed by atoms with Crippen molar-refractivity contribution >= 4 is 29.0 Å². The van der Waals surface area contributed by atoms with Crippen molar-refractivity contribution in [2.75, 3.05) is 35.2 Å². The largest absolute Gasteiger partial charge is 0.416 e. The molecule has 40 heavy (non-hydrogen) atoms. The lowest BCUT2D eigenvalue weighted by Gasteiger charge is -2.35. The zero-order valence-electron chi connectivity index (χ0n) is 22.7. The van der Waals surface area contributed by atoms with Gasteiger partial charge in [-0.05, 0) is 73.1 Å². The minimum absolute atomic E-state index is 0.0113. The molecule has 1 fully saturated rings. The van der Waals surface area contributed by atoms with Crippen molar-refractivity contribution in [1.29, 1.82) is 0 Å². The second-order valence-corrected chi connectivity index (χ2v) is 10.6. The van der Waals surface area contributed by atoms with E-state index in [4.69, 9.17) is 0 Å². The first kappa shape index (κ1) is 29.0. The third-order valence-corrected chi connectivity index (χ3v) is 6.94. The smallest absolute Gasteiger partial charge is 0.371 e. The second kappa shape index (κ2) is 12.9. The second-order valence-electron chi connectivity index (χ2n) is 10.6. The molecule has 1 aliphatic rings. The Morgan fingerprint density at radius 3 is 2.23 bits per heavy atom. The quantitative estimate of drug-likeness (QED) is 0.277. The van der Waals surface area contributed by atoms with Gasteiger partial charge in [0.2, 0.25) is 0 Å². The van der Waals surface area contributed by atoms with Gasteiger partial charge < -0.3 is 20.9 Å². The first-order chi connectivity index (χ1) is 19.1. The number of hydrogen-bond acceptors (Lipinski definition) is 3. The molecule has 1 heterocycles. The number of carbonyl (C=O) groups is 2. The third-order valence-electron chi connectivity index (χ3n) is 6.94. The molecule has 0 aromatic heterocycles. The minimum Gasteiger partial charge on any atom is -0.371 e. The van der Waals surface area contributed by atoms with Crippen LogP contribution in [0.3, 0.4) is 0 Å². The van der Waals surface area contributed by atoms with Crippen LogP contribution in [-0.4, -0.2) is 31.6 Å². The van der Waals surface area contributed by atoms with Gasteiger partial charge in [0.1, 0.15) is 0 Å². The molecule has 0 saturated carbocycles. The van der Waals surface area contributed by atoms with Gasteiger partial charge in [0, 0.05) is 36.7 Å². The zero-order valence-corrected chi connectivity index (χ0v) is 22.7. The molecule has 6 nitrogen and oxygen atoms in total. The van der Waals surface area contributed by atoms with Gasteiger partial charge in [-0.15, -0.1) is 0 Å². The lowest BCUT2D eigenvalue weighted by atomic mass is 9.89. The van der Waals surface area contributed by atoms with Gasteiger partial charge in [-0.25, -0.2) is 4.79 Å². The van der Waals surface area contributed by atoms with E-state index in [0.29, 0.717) is 23.7 Å². The maximum atomic E-state index is 13.2. The number of amides is 3. The monoisotopic (exact) mass is 552 g/mol. The Labute approximate surface area is 233 Å². The van der Waals surface area contributed by atoms with E-state index in [1.165, 1.54) is 17.7 Å². The van der Waals surface area contributed by atoms with E-state index in [1.54, 1.807) is 12.1 Å². The summed E-state index contributed by atoms with van der Waals surface area (Å²) in [5.74, 6) is 0.593. The molecule has 0 radical (unpaired) electrons. The molecule has 9 heteroatoms. The SMILES string of the molecule is CC(C)CNC(=O)c1cc(NC(=O)Nc2cccc(C(F)(F)F)c2)ccc1N1CCC(Cc2ccccc2)CC1. The molecule has 4 rings (SSSR count). The van der Waals surface area contributed by atoms with Crippen LogP contribution >= 0.6 is 0 Å². The summed E-state index contributed by atoms with van der Waals surface area (Å²) in [5.41, 5.74) is 2.08. The molecule has 0 atom stereocenters. The summed E-state index contributed by atoms with van der Waals surface area (Å²) in [4.78, 5) is 28.0. The van der Waals surface area contributed by atoms with Crippen LogP contribution in [-0.2, 0) is 12.6 Å². The van der Waals surface area contributed by atoms with Crippen molar-refractivity contribution < 1.29 is 22.8 Å². The fourth-order valence-corrected chi connectivity index (χ4v) is 4.86. The summed E-state index contributed by atoms with van der Waals surface area (Å²) in [6.07, 6.45) is -1.48. The van der Waals surface area contributed by atoms with Crippen molar-refractivity contribution in [2.24, 2.45) is 11.8 Å². The maximum absolute atomic E-state index is 13.2. The number of hydrogen-bond donors (Lipinski definition) is 3. The van der Waals surface area contributed by atoms with Crippen LogP contribution in [0.25, 0.3) is 0 Å². The highest BCUT2D eigenvalue weighted by atomic mass is 19.4. The molecule has 212 valence electrons. The summed E-state index contributed by atoms with van der Waals surface area (Å²) in [5, 5.41) is 8.04. The topological polar surface area (TPSA) is 73.5 Å². The highest BCUT2D eigenvalue weighted by Gasteiger charge is 2.30. The Morgan fingerprint density at radius 2 is 1.57 bits per heavy atom. The van der Waals surface area contributed by atoms with Gasteiger partial charge in [0.05, 0.1) is 11.1 Å². The minimum atomic E-state index is -4.52. The van der Waals surface area contributed by atoms with E-state index < -0.39 is 17.8 Å². The first-order valence-corrected chi connectivity index (χ1v) is 13.5. The Bertz CT molecular complexity index is 1300. The number of piperidine rings is 1. The fourth-order valence-electron chi connectivity index (χ4n) is 4.86. The molecule has 0 bridgehead atoms. The van der Waals surface area contributed by atoms with Crippen molar-refractivity contribution in [3.8, 4) is 0 Å². The number of carbonyl (C=O) groups excluding carboxylic acids is 2. The van der Waals surface area contributed by atoms with Crippen molar-refractivity contribution in [1.82, 2.24) is 5.32 Å². The summed E-state index contributed by atoms with van der Waals surface area (Å²) in [7, 11) is 0. The molecule has 3 aromatic carbocycles. The molecule has 0 spiro atoms. The number of nitrogens with one attached hydrogen (secondary N) is 3. The summed E-state index contributed by atoms with van der Waals surface area (Å²) in [6.45, 7) is 6.14. The molecular weight excluding hydrogens is 517 g/mol. The number of nitrogens with zero attached hydrogens (tertiary/aromatic N) is 1. The average molecular weight is 553 g/mol. The van der Waals surface area contributed by atoms with Gasteiger partial charge in [-0.2, -0.15) is 13.2 Å². The Morgan fingerprint density at radius 1 is 0.900 bits per heavy atom. The van der Waals surface area contributed by atoms with Crippen LogP contribution in [0.15, 0.2) is 72.8 Å². The highest BCUT2D eigenvalue weighted by Crippen LogP contribution is 2.32. The average Bonchev–Trinajstić information content (AvgIpc) is 2.92. The van der Waals surface area contributed by atoms with Crippen molar-refractivity contribution in [2.45, 2.75) is 39.3 Å². The van der Waals surface area contributed by atoms with Crippen LogP contribution in [0.5, 0.6) is 0 Å². The zero-order chi connectivity index (χ0) is 28.7. The van der Waals surface area contributed by atoms with E-state index in [9.17, 15) is 22.8 Å². The molecule has 3 N–H and O–H groups in total. The number of alkyl halides is 3. The highest BCUT2D eigenvalue weighted by molar-refractivity contribution is 6.04. The summed E-state index contributed by atoms with van der Waals surface area (Å²) < 4.78 is 39.1. The van der Waals surface area contributed by atoms with Crippen LogP contribution in [0, 0.1) is 11.8 Å². The van der Waals surface area contributed by atoms with Crippen LogP contribution in [0.1, 0.15) is 48.2 Å². The Kier molecular flexibility index (Phi) is 9.34. The standard InChI is InChI=1S/C31H35F3N4O2/c1-21(2)20-35-29(39)27-19-26(37-30(40)36-25-10-6-9-24(18-25)31(32,33)34)11-12-28(27)38-15-13-23(14-16-38)17-22-7-4-3-5-8-22/h3-12,18-19,21,23H,13-17,20H2,1-2H3,(H,35,39)(H2,36,37,40). The van der Waals surface area contributed by atoms with E-state index in [-0.39, 0.29) is 17.5 Å². The summed E-state index contributed by atoms with van der Waals surface area (Å²) >= 11 is 0. The molecular formula is C31H35F3N4O2. The van der Waals surface area contributed by atoms with Crippen LogP contribution in [0.4, 0.5) is 35.0 Å². The molecule has 0 unspecified atom stereocenters. The fraction of sp³-hybridized carbons (Fsp3) is 0.355. The van der Waals surface area contributed by atoms with Gasteiger partial charge in [-0.1, -0.05) is 50.2 Å². The molecule has 3 amide bonds. The predicted molar refractivity (Wildman–Crippen MR) is 153 cm³/mol. The van der Waals surface area contributed by atoms with E-state index in [2.05, 4.69) is 45.1 Å². The van der Waals surface area contributed by atoms with E-state index in [0.717, 1.165) is 50.2 Å². The lowest BCUT2D eigenvalue weighted by Crippen LogP contribution is -2.36. The number of benzene rings is 3. The number of urea groups is 1.